The standard InChI is InChI=1S/C8H7F4NO3/c1-15-7-5(14)3-13-4(2-9)6(7)16-8(10,11)12/h3,14H,2H2,1H3. The van der Waals surface area contributed by atoms with E-state index >= 15 is 0 Å². The van der Waals surface area contributed by atoms with Crippen LogP contribution in [0.1, 0.15) is 5.69 Å². The molecule has 0 atom stereocenters. The highest BCUT2D eigenvalue weighted by Crippen LogP contribution is 2.40. The quantitative estimate of drug-likeness (QED) is 0.824. The van der Waals surface area contributed by atoms with Gasteiger partial charge in [-0.1, -0.05) is 0 Å². The molecule has 1 heterocycles. The van der Waals surface area contributed by atoms with E-state index in [1.54, 1.807) is 0 Å². The number of halogens is 4. The van der Waals surface area contributed by atoms with E-state index in [0.29, 0.717) is 0 Å². The van der Waals surface area contributed by atoms with Crippen LogP contribution in [0.5, 0.6) is 17.2 Å². The van der Waals surface area contributed by atoms with E-state index in [1.807, 2.05) is 0 Å². The van der Waals surface area contributed by atoms with Gasteiger partial charge in [0.2, 0.25) is 5.75 Å². The van der Waals surface area contributed by atoms with Crippen molar-refractivity contribution in [1.29, 1.82) is 0 Å². The first-order valence-electron chi connectivity index (χ1n) is 3.95. The monoisotopic (exact) mass is 241 g/mol. The van der Waals surface area contributed by atoms with Crippen LogP contribution >= 0.6 is 0 Å². The Hall–Kier alpha value is -1.73. The van der Waals surface area contributed by atoms with Gasteiger partial charge in [0, 0.05) is 0 Å². The van der Waals surface area contributed by atoms with Crippen molar-refractivity contribution < 1.29 is 32.1 Å². The first kappa shape index (κ1) is 12.3. The average Bonchev–Trinajstić information content (AvgIpc) is 2.16. The van der Waals surface area contributed by atoms with E-state index in [1.165, 1.54) is 0 Å². The van der Waals surface area contributed by atoms with E-state index in [-0.39, 0.29) is 0 Å². The van der Waals surface area contributed by atoms with Crippen molar-refractivity contribution in [3.05, 3.63) is 11.9 Å². The molecule has 0 radical (unpaired) electrons. The van der Waals surface area contributed by atoms with Crippen molar-refractivity contribution in [2.75, 3.05) is 7.11 Å². The fraction of sp³-hybridized carbons (Fsp3) is 0.375. The summed E-state index contributed by atoms with van der Waals surface area (Å²) < 4.78 is 56.4. The molecule has 0 unspecified atom stereocenters. The summed E-state index contributed by atoms with van der Waals surface area (Å²) in [7, 11) is 1.01. The Morgan fingerprint density at radius 2 is 2.00 bits per heavy atom. The maximum Gasteiger partial charge on any atom is 0.573 e. The third-order valence-electron chi connectivity index (χ3n) is 1.59. The van der Waals surface area contributed by atoms with Gasteiger partial charge in [0.15, 0.2) is 11.5 Å². The third kappa shape index (κ3) is 2.65. The number of rotatable bonds is 3. The normalized spacial score (nSPS) is 11.3. The molecule has 1 N–H and O–H groups in total. The zero-order valence-electron chi connectivity index (χ0n) is 8.01. The second-order valence-electron chi connectivity index (χ2n) is 2.63. The van der Waals surface area contributed by atoms with Crippen LogP contribution in [0, 0.1) is 0 Å². The topological polar surface area (TPSA) is 51.6 Å². The lowest BCUT2D eigenvalue weighted by atomic mass is 10.3. The number of ether oxygens (including phenoxy) is 2. The molecule has 0 aliphatic carbocycles. The van der Waals surface area contributed by atoms with Gasteiger partial charge in [0.25, 0.3) is 0 Å². The largest absolute Gasteiger partial charge is 0.573 e. The van der Waals surface area contributed by atoms with Gasteiger partial charge in [0.05, 0.1) is 13.3 Å². The van der Waals surface area contributed by atoms with E-state index < -0.39 is 36.0 Å². The van der Waals surface area contributed by atoms with Gasteiger partial charge in [-0.25, -0.2) is 4.39 Å². The molecule has 0 bridgehead atoms. The SMILES string of the molecule is COc1c(O)cnc(CF)c1OC(F)(F)F. The summed E-state index contributed by atoms with van der Waals surface area (Å²) in [5.41, 5.74) is -0.605. The first-order chi connectivity index (χ1) is 7.39. The minimum atomic E-state index is -5.02. The Morgan fingerprint density at radius 1 is 1.38 bits per heavy atom. The predicted octanol–water partition coefficient (Wildman–Crippen LogP) is 2.16. The number of alkyl halides is 4. The fourth-order valence-corrected chi connectivity index (χ4v) is 1.02. The molecule has 90 valence electrons. The average molecular weight is 241 g/mol. The van der Waals surface area contributed by atoms with E-state index in [4.69, 9.17) is 5.11 Å². The molecule has 0 aliphatic rings. The lowest BCUT2D eigenvalue weighted by Gasteiger charge is -2.15. The van der Waals surface area contributed by atoms with Gasteiger partial charge in [-0.05, 0) is 0 Å². The summed E-state index contributed by atoms with van der Waals surface area (Å²) in [6.45, 7) is -1.28. The number of aromatic nitrogens is 1. The van der Waals surface area contributed by atoms with E-state index in [0.717, 1.165) is 13.3 Å². The molecule has 0 saturated heterocycles. The molecule has 1 aromatic heterocycles. The Morgan fingerprint density at radius 3 is 2.44 bits per heavy atom. The van der Waals surface area contributed by atoms with Crippen molar-refractivity contribution in [1.82, 2.24) is 4.98 Å². The molecule has 0 aromatic carbocycles. The maximum atomic E-state index is 12.4. The Kier molecular flexibility index (Phi) is 3.41. The van der Waals surface area contributed by atoms with E-state index in [2.05, 4.69) is 14.5 Å². The van der Waals surface area contributed by atoms with Crippen LogP contribution in [-0.4, -0.2) is 23.6 Å². The third-order valence-corrected chi connectivity index (χ3v) is 1.59. The second kappa shape index (κ2) is 4.42. The molecular formula is C8H7F4NO3. The smallest absolute Gasteiger partial charge is 0.503 e. The highest BCUT2D eigenvalue weighted by molar-refractivity contribution is 5.51. The molecule has 0 amide bonds. The minimum absolute atomic E-state index is 0.605. The number of nitrogens with zero attached hydrogens (tertiary/aromatic N) is 1. The van der Waals surface area contributed by atoms with Gasteiger partial charge >= 0.3 is 6.36 Å². The van der Waals surface area contributed by atoms with Crippen molar-refractivity contribution >= 4 is 0 Å². The summed E-state index contributed by atoms with van der Waals surface area (Å²) in [6, 6.07) is 0. The molecule has 0 fully saturated rings. The minimum Gasteiger partial charge on any atom is -0.503 e. The zero-order chi connectivity index (χ0) is 12.3. The zero-order valence-corrected chi connectivity index (χ0v) is 8.01. The van der Waals surface area contributed by atoms with Crippen LogP contribution in [0.15, 0.2) is 6.20 Å². The van der Waals surface area contributed by atoms with Crippen LogP contribution in [-0.2, 0) is 6.67 Å². The second-order valence-corrected chi connectivity index (χ2v) is 2.63. The molecule has 16 heavy (non-hydrogen) atoms. The van der Waals surface area contributed by atoms with Crippen LogP contribution in [0.2, 0.25) is 0 Å². The first-order valence-corrected chi connectivity index (χ1v) is 3.95. The summed E-state index contributed by atoms with van der Waals surface area (Å²) in [5, 5.41) is 9.15. The summed E-state index contributed by atoms with van der Waals surface area (Å²) in [5.74, 6) is -2.25. The van der Waals surface area contributed by atoms with Crippen molar-refractivity contribution in [2.24, 2.45) is 0 Å². The van der Waals surface area contributed by atoms with Crippen LogP contribution in [0.4, 0.5) is 17.6 Å². The fourth-order valence-electron chi connectivity index (χ4n) is 1.02. The number of hydrogen-bond acceptors (Lipinski definition) is 4. The van der Waals surface area contributed by atoms with Gasteiger partial charge < -0.3 is 14.6 Å². The highest BCUT2D eigenvalue weighted by Gasteiger charge is 2.35. The molecule has 4 nitrogen and oxygen atoms in total. The lowest BCUT2D eigenvalue weighted by molar-refractivity contribution is -0.275. The van der Waals surface area contributed by atoms with Crippen LogP contribution < -0.4 is 9.47 Å². The highest BCUT2D eigenvalue weighted by atomic mass is 19.4. The molecule has 1 rings (SSSR count). The van der Waals surface area contributed by atoms with Crippen LogP contribution in [0.25, 0.3) is 0 Å². The summed E-state index contributed by atoms with van der Waals surface area (Å²) in [6.07, 6.45) is -4.25. The number of hydrogen-bond donors (Lipinski definition) is 1. The van der Waals surface area contributed by atoms with Gasteiger partial charge in [-0.15, -0.1) is 13.2 Å². The van der Waals surface area contributed by atoms with Crippen molar-refractivity contribution in [3.8, 4) is 17.2 Å². The van der Waals surface area contributed by atoms with Crippen LogP contribution in [0.3, 0.4) is 0 Å². The lowest BCUT2D eigenvalue weighted by Crippen LogP contribution is -2.19. The molecular weight excluding hydrogens is 234 g/mol. The number of aromatic hydroxyl groups is 1. The molecule has 0 spiro atoms. The van der Waals surface area contributed by atoms with Crippen molar-refractivity contribution in [2.45, 2.75) is 13.0 Å². The van der Waals surface area contributed by atoms with Gasteiger partial charge in [-0.2, -0.15) is 0 Å². The van der Waals surface area contributed by atoms with Gasteiger partial charge in [-0.3, -0.25) is 4.98 Å². The number of pyridine rings is 1. The summed E-state index contributed by atoms with van der Waals surface area (Å²) in [4.78, 5) is 3.26. The molecule has 0 aliphatic heterocycles. The molecule has 0 saturated carbocycles. The Labute approximate surface area is 87.4 Å². The Balaban J connectivity index is 3.25. The van der Waals surface area contributed by atoms with Crippen molar-refractivity contribution in [3.63, 3.8) is 0 Å². The Bertz CT molecular complexity index is 380. The molecule has 1 aromatic rings. The maximum absolute atomic E-state index is 12.4. The summed E-state index contributed by atoms with van der Waals surface area (Å²) >= 11 is 0. The predicted molar refractivity (Wildman–Crippen MR) is 43.9 cm³/mol. The number of methoxy groups -OCH3 is 1. The van der Waals surface area contributed by atoms with E-state index in [9.17, 15) is 17.6 Å². The van der Waals surface area contributed by atoms with Gasteiger partial charge in [0.1, 0.15) is 12.4 Å². The molecule has 8 heteroatoms.